The molecule has 0 spiro atoms. The molecule has 154 valence electrons. The Hall–Kier alpha value is -3.30. The van der Waals surface area contributed by atoms with Crippen molar-refractivity contribution < 1.29 is 38.9 Å². The number of hydrogen-bond donors (Lipinski definition) is 4. The molecule has 0 bridgehead atoms. The van der Waals surface area contributed by atoms with Crippen molar-refractivity contribution in [2.75, 3.05) is 10.6 Å². The fourth-order valence-electron chi connectivity index (χ4n) is 1.99. The molecule has 0 saturated carbocycles. The number of carboxylic acid groups (broad SMARTS) is 2. The van der Waals surface area contributed by atoms with E-state index in [1.54, 1.807) is 41.5 Å². The van der Waals surface area contributed by atoms with E-state index in [9.17, 15) is 29.4 Å². The molecule has 1 rings (SSSR count). The average molecular weight is 396 g/mol. The number of ether oxygens (including phenoxy) is 2. The summed E-state index contributed by atoms with van der Waals surface area (Å²) in [6.07, 6.45) is -1.92. The van der Waals surface area contributed by atoms with Crippen LogP contribution in [0.2, 0.25) is 0 Å². The van der Waals surface area contributed by atoms with Crippen molar-refractivity contribution in [2.45, 2.75) is 52.7 Å². The van der Waals surface area contributed by atoms with Crippen LogP contribution in [-0.2, 0) is 9.47 Å². The number of nitrogens with one attached hydrogen (secondary N) is 2. The third-order valence-corrected chi connectivity index (χ3v) is 2.89. The van der Waals surface area contributed by atoms with E-state index in [0.717, 1.165) is 12.1 Å². The summed E-state index contributed by atoms with van der Waals surface area (Å²) in [5.41, 5.74) is -3.17. The Kier molecular flexibility index (Phi) is 6.62. The second-order valence-corrected chi connectivity index (χ2v) is 7.81. The Balaban J connectivity index is 3.32. The molecule has 0 aliphatic rings. The van der Waals surface area contributed by atoms with Gasteiger partial charge in [-0.3, -0.25) is 10.6 Å². The minimum atomic E-state index is -1.45. The van der Waals surface area contributed by atoms with Gasteiger partial charge in [0, 0.05) is 0 Å². The van der Waals surface area contributed by atoms with Crippen molar-refractivity contribution >= 4 is 35.5 Å². The van der Waals surface area contributed by atoms with Crippen LogP contribution in [0.4, 0.5) is 21.0 Å². The van der Waals surface area contributed by atoms with E-state index in [4.69, 9.17) is 9.47 Å². The predicted molar refractivity (Wildman–Crippen MR) is 100 cm³/mol. The van der Waals surface area contributed by atoms with Gasteiger partial charge in [0.05, 0.1) is 22.5 Å². The highest BCUT2D eigenvalue weighted by Gasteiger charge is 2.24. The molecule has 0 aromatic heterocycles. The maximum atomic E-state index is 11.9. The molecule has 2 amide bonds. The number of carboxylic acids is 2. The van der Waals surface area contributed by atoms with E-state index in [-0.39, 0.29) is 11.4 Å². The molecule has 0 heterocycles. The Morgan fingerprint density at radius 1 is 0.714 bits per heavy atom. The third-order valence-electron chi connectivity index (χ3n) is 2.89. The number of carbonyl (C=O) groups excluding carboxylic acids is 2. The number of benzene rings is 1. The molecule has 0 aliphatic carbocycles. The van der Waals surface area contributed by atoms with E-state index in [2.05, 4.69) is 10.6 Å². The lowest BCUT2D eigenvalue weighted by Gasteiger charge is -2.22. The van der Waals surface area contributed by atoms with Crippen molar-refractivity contribution in [2.24, 2.45) is 0 Å². The monoisotopic (exact) mass is 396 g/mol. The zero-order valence-corrected chi connectivity index (χ0v) is 16.5. The van der Waals surface area contributed by atoms with Gasteiger partial charge in [-0.1, -0.05) is 0 Å². The highest BCUT2D eigenvalue weighted by Crippen LogP contribution is 2.27. The molecule has 10 nitrogen and oxygen atoms in total. The molecular weight excluding hydrogens is 372 g/mol. The van der Waals surface area contributed by atoms with E-state index in [1.165, 1.54) is 0 Å². The zero-order chi connectivity index (χ0) is 21.9. The summed E-state index contributed by atoms with van der Waals surface area (Å²) >= 11 is 0. The van der Waals surface area contributed by atoms with Crippen molar-refractivity contribution in [3.8, 4) is 0 Å². The van der Waals surface area contributed by atoms with Crippen LogP contribution in [0.5, 0.6) is 0 Å². The van der Waals surface area contributed by atoms with Crippen LogP contribution >= 0.6 is 0 Å². The normalized spacial score (nSPS) is 11.4. The molecule has 10 heteroatoms. The van der Waals surface area contributed by atoms with Crippen LogP contribution in [-0.4, -0.2) is 45.5 Å². The van der Waals surface area contributed by atoms with Gasteiger partial charge in [0.15, 0.2) is 0 Å². The van der Waals surface area contributed by atoms with E-state index in [0.29, 0.717) is 0 Å². The zero-order valence-electron chi connectivity index (χ0n) is 16.5. The predicted octanol–water partition coefficient (Wildman–Crippen LogP) is 3.78. The van der Waals surface area contributed by atoms with Gasteiger partial charge in [-0.15, -0.1) is 0 Å². The first-order chi connectivity index (χ1) is 12.6. The fourth-order valence-corrected chi connectivity index (χ4v) is 1.99. The largest absolute Gasteiger partial charge is 0.478 e. The molecular formula is C18H24N2O8. The minimum absolute atomic E-state index is 0.297. The van der Waals surface area contributed by atoms with Gasteiger partial charge >= 0.3 is 24.1 Å². The van der Waals surface area contributed by atoms with Crippen LogP contribution in [0.3, 0.4) is 0 Å². The van der Waals surface area contributed by atoms with E-state index < -0.39 is 46.5 Å². The lowest BCUT2D eigenvalue weighted by atomic mass is 10.1. The number of anilines is 2. The Labute approximate surface area is 161 Å². The van der Waals surface area contributed by atoms with Crippen molar-refractivity contribution in [1.82, 2.24) is 0 Å². The number of rotatable bonds is 4. The summed E-state index contributed by atoms with van der Waals surface area (Å²) < 4.78 is 10.1. The van der Waals surface area contributed by atoms with Crippen LogP contribution in [0.25, 0.3) is 0 Å². The molecule has 4 N–H and O–H groups in total. The lowest BCUT2D eigenvalue weighted by molar-refractivity contribution is 0.0620. The second-order valence-electron chi connectivity index (χ2n) is 7.81. The molecule has 0 unspecified atom stereocenters. The number of aromatic carboxylic acids is 2. The van der Waals surface area contributed by atoms with Crippen molar-refractivity contribution in [1.29, 1.82) is 0 Å². The molecule has 1 aromatic carbocycles. The summed E-state index contributed by atoms with van der Waals surface area (Å²) in [5.74, 6) is -2.90. The van der Waals surface area contributed by atoms with Gasteiger partial charge in [0.1, 0.15) is 11.2 Å². The molecule has 0 radical (unpaired) electrons. The first-order valence-electron chi connectivity index (χ1n) is 8.23. The number of carbonyl (C=O) groups is 4. The molecule has 0 fully saturated rings. The van der Waals surface area contributed by atoms with Gasteiger partial charge in [-0.2, -0.15) is 0 Å². The average Bonchev–Trinajstić information content (AvgIpc) is 2.43. The van der Waals surface area contributed by atoms with Crippen LogP contribution < -0.4 is 10.6 Å². The van der Waals surface area contributed by atoms with Gasteiger partial charge in [-0.25, -0.2) is 19.2 Å². The Bertz CT molecular complexity index is 735. The number of amides is 2. The summed E-state index contributed by atoms with van der Waals surface area (Å²) in [4.78, 5) is 47.0. The van der Waals surface area contributed by atoms with Gasteiger partial charge in [0.2, 0.25) is 0 Å². The summed E-state index contributed by atoms with van der Waals surface area (Å²) in [6, 6.07) is 1.84. The van der Waals surface area contributed by atoms with Crippen LogP contribution in [0.15, 0.2) is 12.1 Å². The van der Waals surface area contributed by atoms with Gasteiger partial charge in [-0.05, 0) is 53.7 Å². The topological polar surface area (TPSA) is 151 Å². The molecule has 0 aliphatic heterocycles. The smallest absolute Gasteiger partial charge is 0.412 e. The maximum absolute atomic E-state index is 11.9. The van der Waals surface area contributed by atoms with Gasteiger partial charge < -0.3 is 19.7 Å². The Morgan fingerprint density at radius 3 is 1.21 bits per heavy atom. The highest BCUT2D eigenvalue weighted by atomic mass is 16.6. The van der Waals surface area contributed by atoms with Crippen molar-refractivity contribution in [3.63, 3.8) is 0 Å². The van der Waals surface area contributed by atoms with E-state index >= 15 is 0 Å². The van der Waals surface area contributed by atoms with Gasteiger partial charge in [0.25, 0.3) is 0 Å². The second kappa shape index (κ2) is 8.15. The van der Waals surface area contributed by atoms with Crippen LogP contribution in [0, 0.1) is 0 Å². The quantitative estimate of drug-likeness (QED) is 0.600. The molecule has 0 atom stereocenters. The Morgan fingerprint density at radius 2 is 1.00 bits per heavy atom. The number of hydrogen-bond acceptors (Lipinski definition) is 6. The summed E-state index contributed by atoms with van der Waals surface area (Å²) in [7, 11) is 0. The van der Waals surface area contributed by atoms with E-state index in [1.807, 2.05) is 0 Å². The highest BCUT2D eigenvalue weighted by molar-refractivity contribution is 6.06. The fraction of sp³-hybridized carbons (Fsp3) is 0.444. The minimum Gasteiger partial charge on any atom is -0.478 e. The lowest BCUT2D eigenvalue weighted by Crippen LogP contribution is -2.29. The first-order valence-corrected chi connectivity index (χ1v) is 8.23. The standard InChI is InChI=1S/C18H24N2O8/c1-17(2,3)27-15(25)19-11-7-10(14(23)24)12(8-9(11)13(21)22)20-16(26)28-18(4,5)6/h7-8H,1-6H3,(H,19,25)(H,20,26)(H,21,22)(H,23,24). The van der Waals surface area contributed by atoms with Crippen molar-refractivity contribution in [3.05, 3.63) is 23.3 Å². The molecule has 1 aromatic rings. The maximum Gasteiger partial charge on any atom is 0.412 e. The first kappa shape index (κ1) is 22.7. The molecule has 28 heavy (non-hydrogen) atoms. The summed E-state index contributed by atoms with van der Waals surface area (Å²) in [5, 5.41) is 23.2. The SMILES string of the molecule is CC(C)(C)OC(=O)Nc1cc(C(=O)O)c(NC(=O)OC(C)(C)C)cc1C(=O)O. The van der Waals surface area contributed by atoms with Crippen LogP contribution in [0.1, 0.15) is 62.3 Å². The summed E-state index contributed by atoms with van der Waals surface area (Å²) in [6.45, 7) is 9.67. The molecule has 0 saturated heterocycles. The third kappa shape index (κ3) is 7.14.